The first-order valence-electron chi connectivity index (χ1n) is 9.37. The molecule has 0 aliphatic heterocycles. The number of aromatic nitrogens is 2. The van der Waals surface area contributed by atoms with E-state index in [-0.39, 0.29) is 24.0 Å². The predicted octanol–water partition coefficient (Wildman–Crippen LogP) is 2.41. The molecule has 1 amide bonds. The van der Waals surface area contributed by atoms with E-state index in [1.54, 1.807) is 4.57 Å². The second-order valence-corrected chi connectivity index (χ2v) is 7.56. The molecule has 0 saturated heterocycles. The van der Waals surface area contributed by atoms with Crippen molar-refractivity contribution in [3.05, 3.63) is 51.6 Å². The molecule has 0 atom stereocenters. The first-order chi connectivity index (χ1) is 13.1. The van der Waals surface area contributed by atoms with Crippen molar-refractivity contribution in [2.75, 3.05) is 17.7 Å². The lowest BCUT2D eigenvalue weighted by Crippen LogP contribution is -2.28. The van der Waals surface area contributed by atoms with E-state index in [0.29, 0.717) is 18.0 Å². The van der Waals surface area contributed by atoms with Crippen LogP contribution in [0.2, 0.25) is 0 Å². The largest absolute Gasteiger partial charge is 0.396 e. The molecule has 0 spiro atoms. The van der Waals surface area contributed by atoms with Gasteiger partial charge in [0.1, 0.15) is 5.03 Å². The number of hydrogen-bond donors (Lipinski definition) is 2. The number of hydrogen-bond acceptors (Lipinski definition) is 5. The fraction of sp³-hybridized carbons (Fsp3) is 0.450. The van der Waals surface area contributed by atoms with Gasteiger partial charge in [0.2, 0.25) is 5.91 Å². The summed E-state index contributed by atoms with van der Waals surface area (Å²) in [4.78, 5) is 28.8. The number of carbonyl (C=O) groups is 1. The van der Waals surface area contributed by atoms with Crippen LogP contribution in [0.4, 0.5) is 5.69 Å². The standard InChI is InChI=1S/C20H25N3O3S/c1-2-14-7-9-15(10-8-14)21-18(25)13-27-19-16-5-3-6-17(16)23(11-4-12-24)20(26)22-19/h7-10,24H,2-6,11-13H2,1H3,(H,21,25). The van der Waals surface area contributed by atoms with Crippen molar-refractivity contribution in [2.24, 2.45) is 0 Å². The number of nitrogens with zero attached hydrogens (tertiary/aromatic N) is 2. The Morgan fingerprint density at radius 3 is 2.78 bits per heavy atom. The topological polar surface area (TPSA) is 84.2 Å². The fourth-order valence-electron chi connectivity index (χ4n) is 3.32. The Hall–Kier alpha value is -2.12. The van der Waals surface area contributed by atoms with E-state index in [1.165, 1.54) is 17.3 Å². The van der Waals surface area contributed by atoms with Crippen LogP contribution in [0, 0.1) is 0 Å². The number of aliphatic hydroxyl groups excluding tert-OH is 1. The van der Waals surface area contributed by atoms with E-state index in [1.807, 2.05) is 24.3 Å². The van der Waals surface area contributed by atoms with Gasteiger partial charge in [-0.3, -0.25) is 9.36 Å². The Bertz CT molecular complexity index is 862. The highest BCUT2D eigenvalue weighted by Crippen LogP contribution is 2.29. The van der Waals surface area contributed by atoms with Crippen LogP contribution in [0.3, 0.4) is 0 Å². The summed E-state index contributed by atoms with van der Waals surface area (Å²) in [5.41, 5.74) is 3.81. The van der Waals surface area contributed by atoms with Gasteiger partial charge in [0, 0.05) is 30.1 Å². The molecule has 1 aromatic carbocycles. The summed E-state index contributed by atoms with van der Waals surface area (Å²) in [7, 11) is 0. The van der Waals surface area contributed by atoms with Gasteiger partial charge in [0.25, 0.3) is 0 Å². The van der Waals surface area contributed by atoms with Crippen molar-refractivity contribution in [1.82, 2.24) is 9.55 Å². The molecule has 0 unspecified atom stereocenters. The summed E-state index contributed by atoms with van der Waals surface area (Å²) in [6.07, 6.45) is 4.22. The van der Waals surface area contributed by atoms with E-state index in [9.17, 15) is 9.59 Å². The molecule has 6 nitrogen and oxygen atoms in total. The number of rotatable bonds is 8. The number of carbonyl (C=O) groups excluding carboxylic acids is 1. The predicted molar refractivity (Wildman–Crippen MR) is 107 cm³/mol. The Labute approximate surface area is 163 Å². The molecule has 1 heterocycles. The number of thioether (sulfide) groups is 1. The van der Waals surface area contributed by atoms with Crippen molar-refractivity contribution < 1.29 is 9.90 Å². The molecule has 1 aliphatic rings. The van der Waals surface area contributed by atoms with Gasteiger partial charge in [-0.25, -0.2) is 4.79 Å². The number of nitrogens with one attached hydrogen (secondary N) is 1. The highest BCUT2D eigenvalue weighted by atomic mass is 32.2. The molecule has 144 valence electrons. The van der Waals surface area contributed by atoms with Crippen LogP contribution in [0.25, 0.3) is 0 Å². The minimum Gasteiger partial charge on any atom is -0.396 e. The van der Waals surface area contributed by atoms with Gasteiger partial charge in [0.15, 0.2) is 0 Å². The van der Waals surface area contributed by atoms with Crippen LogP contribution >= 0.6 is 11.8 Å². The lowest BCUT2D eigenvalue weighted by Gasteiger charge is -2.13. The quantitative estimate of drug-likeness (QED) is 0.537. The second-order valence-electron chi connectivity index (χ2n) is 6.59. The normalized spacial score (nSPS) is 12.8. The van der Waals surface area contributed by atoms with Gasteiger partial charge in [-0.05, 0) is 49.8 Å². The highest BCUT2D eigenvalue weighted by Gasteiger charge is 2.22. The summed E-state index contributed by atoms with van der Waals surface area (Å²) in [5, 5.41) is 12.6. The van der Waals surface area contributed by atoms with Crippen molar-refractivity contribution in [3.8, 4) is 0 Å². The minimum absolute atomic E-state index is 0.0527. The fourth-order valence-corrected chi connectivity index (χ4v) is 4.20. The molecule has 0 radical (unpaired) electrons. The van der Waals surface area contributed by atoms with Crippen molar-refractivity contribution >= 4 is 23.4 Å². The van der Waals surface area contributed by atoms with Crippen LogP contribution in [0.15, 0.2) is 34.1 Å². The maximum absolute atomic E-state index is 12.4. The van der Waals surface area contributed by atoms with E-state index in [2.05, 4.69) is 17.2 Å². The first kappa shape index (κ1) is 19.6. The summed E-state index contributed by atoms with van der Waals surface area (Å²) in [6, 6.07) is 7.81. The van der Waals surface area contributed by atoms with Gasteiger partial charge < -0.3 is 10.4 Å². The number of aliphatic hydroxyl groups is 1. The third-order valence-electron chi connectivity index (χ3n) is 4.73. The number of aryl methyl sites for hydroxylation is 1. The lowest BCUT2D eigenvalue weighted by atomic mass is 10.1. The van der Waals surface area contributed by atoms with E-state index in [4.69, 9.17) is 5.11 Å². The summed E-state index contributed by atoms with van der Waals surface area (Å²) in [6.45, 7) is 2.63. The number of fused-ring (bicyclic) bond motifs is 1. The molecule has 0 saturated carbocycles. The molecule has 0 bridgehead atoms. The SMILES string of the molecule is CCc1ccc(NC(=O)CSc2nc(=O)n(CCCO)c3c2CCC3)cc1. The summed E-state index contributed by atoms with van der Waals surface area (Å²) < 4.78 is 1.68. The van der Waals surface area contributed by atoms with E-state index < -0.39 is 0 Å². The van der Waals surface area contributed by atoms with Gasteiger partial charge in [-0.1, -0.05) is 30.8 Å². The van der Waals surface area contributed by atoms with E-state index >= 15 is 0 Å². The zero-order valence-electron chi connectivity index (χ0n) is 15.5. The first-order valence-corrected chi connectivity index (χ1v) is 10.4. The average molecular weight is 388 g/mol. The number of anilines is 1. The number of amides is 1. The maximum Gasteiger partial charge on any atom is 0.348 e. The van der Waals surface area contributed by atoms with Gasteiger partial charge >= 0.3 is 5.69 Å². The Morgan fingerprint density at radius 2 is 2.07 bits per heavy atom. The van der Waals surface area contributed by atoms with Crippen LogP contribution in [-0.4, -0.2) is 32.9 Å². The van der Waals surface area contributed by atoms with Crippen molar-refractivity contribution in [2.45, 2.75) is 50.6 Å². The van der Waals surface area contributed by atoms with Crippen LogP contribution in [-0.2, 0) is 30.6 Å². The third kappa shape index (κ3) is 4.78. The van der Waals surface area contributed by atoms with Gasteiger partial charge in [0.05, 0.1) is 5.75 Å². The molecule has 0 fully saturated rings. The van der Waals surface area contributed by atoms with Gasteiger partial charge in [-0.2, -0.15) is 4.98 Å². The zero-order chi connectivity index (χ0) is 19.2. The Kier molecular flexibility index (Phi) is 6.68. The Balaban J connectivity index is 1.67. The third-order valence-corrected chi connectivity index (χ3v) is 5.74. The van der Waals surface area contributed by atoms with E-state index in [0.717, 1.165) is 42.6 Å². The molecule has 2 N–H and O–H groups in total. The average Bonchev–Trinajstić information content (AvgIpc) is 3.16. The Morgan fingerprint density at radius 1 is 1.30 bits per heavy atom. The maximum atomic E-state index is 12.4. The van der Waals surface area contributed by atoms with Crippen molar-refractivity contribution in [3.63, 3.8) is 0 Å². The molecule has 3 rings (SSSR count). The molecule has 27 heavy (non-hydrogen) atoms. The minimum atomic E-state index is -0.290. The summed E-state index contributed by atoms with van der Waals surface area (Å²) >= 11 is 1.32. The molecule has 7 heteroatoms. The second kappa shape index (κ2) is 9.19. The van der Waals surface area contributed by atoms with Crippen molar-refractivity contribution in [1.29, 1.82) is 0 Å². The number of benzene rings is 1. The molecule has 1 aromatic heterocycles. The van der Waals surface area contributed by atoms with Crippen LogP contribution < -0.4 is 11.0 Å². The summed E-state index contributed by atoms with van der Waals surface area (Å²) in [5.74, 6) is 0.108. The molecule has 1 aliphatic carbocycles. The monoisotopic (exact) mass is 387 g/mol. The zero-order valence-corrected chi connectivity index (χ0v) is 16.3. The van der Waals surface area contributed by atoms with Crippen LogP contribution in [0.5, 0.6) is 0 Å². The lowest BCUT2D eigenvalue weighted by molar-refractivity contribution is -0.113. The smallest absolute Gasteiger partial charge is 0.348 e. The van der Waals surface area contributed by atoms with Gasteiger partial charge in [-0.15, -0.1) is 0 Å². The molecular weight excluding hydrogens is 362 g/mol. The molecular formula is C20H25N3O3S. The van der Waals surface area contributed by atoms with Crippen LogP contribution in [0.1, 0.15) is 36.6 Å². The molecule has 2 aromatic rings. The highest BCUT2D eigenvalue weighted by molar-refractivity contribution is 8.00.